The molecule has 0 amide bonds. The highest BCUT2D eigenvalue weighted by Crippen LogP contribution is 2.31. The third-order valence-electron chi connectivity index (χ3n) is 2.71. The molecule has 2 N–H and O–H groups in total. The lowest BCUT2D eigenvalue weighted by Gasteiger charge is -2.24. The Morgan fingerprint density at radius 1 is 1.37 bits per heavy atom. The molecular weight excluding hydrogens is 260 g/mol. The van der Waals surface area contributed by atoms with Gasteiger partial charge in [0.2, 0.25) is 5.88 Å². The lowest BCUT2D eigenvalue weighted by Crippen LogP contribution is -2.46. The van der Waals surface area contributed by atoms with Crippen molar-refractivity contribution in [1.29, 1.82) is 0 Å². The zero-order valence-corrected chi connectivity index (χ0v) is 12.5. The number of fused-ring (bicyclic) bond motifs is 1. The third-order valence-corrected chi connectivity index (χ3v) is 3.72. The van der Waals surface area contributed by atoms with E-state index in [4.69, 9.17) is 4.74 Å². The summed E-state index contributed by atoms with van der Waals surface area (Å²) in [5.41, 5.74) is 0. The first-order valence-corrected chi connectivity index (χ1v) is 7.25. The molecule has 0 aliphatic carbocycles. The van der Waals surface area contributed by atoms with Gasteiger partial charge in [-0.2, -0.15) is 0 Å². The van der Waals surface area contributed by atoms with E-state index in [0.29, 0.717) is 5.88 Å². The molecule has 0 aliphatic rings. The molecule has 19 heavy (non-hydrogen) atoms. The van der Waals surface area contributed by atoms with Crippen LogP contribution >= 0.6 is 11.3 Å². The zero-order chi connectivity index (χ0) is 14.0. The number of hydrogen-bond donors (Lipinski definition) is 2. The van der Waals surface area contributed by atoms with E-state index >= 15 is 0 Å². The van der Waals surface area contributed by atoms with Crippen molar-refractivity contribution in [1.82, 2.24) is 10.3 Å². The topological polar surface area (TPSA) is 54.4 Å². The van der Waals surface area contributed by atoms with Gasteiger partial charge in [0.25, 0.3) is 0 Å². The van der Waals surface area contributed by atoms with Crippen LogP contribution in [-0.4, -0.2) is 28.5 Å². The Hall–Kier alpha value is -1.17. The van der Waals surface area contributed by atoms with E-state index < -0.39 is 12.3 Å². The standard InChI is InChI=1S/C14H20N2O2S/c1-8(2)16-13(10(4)17)18-14-11-7-9(3)19-12(11)5-6-15-14/h5-8,10,13,16-17H,1-4H3. The minimum absolute atomic E-state index is 0.225. The maximum atomic E-state index is 9.79. The fraction of sp³-hybridized carbons (Fsp3) is 0.500. The van der Waals surface area contributed by atoms with Gasteiger partial charge in [-0.3, -0.25) is 5.32 Å². The van der Waals surface area contributed by atoms with Crippen LogP contribution in [0.4, 0.5) is 0 Å². The number of nitrogens with one attached hydrogen (secondary N) is 1. The van der Waals surface area contributed by atoms with Crippen molar-refractivity contribution in [3.8, 4) is 5.88 Å². The summed E-state index contributed by atoms with van der Waals surface area (Å²) in [7, 11) is 0. The Morgan fingerprint density at radius 2 is 2.11 bits per heavy atom. The third kappa shape index (κ3) is 3.43. The van der Waals surface area contributed by atoms with Crippen LogP contribution in [0.25, 0.3) is 10.1 Å². The lowest BCUT2D eigenvalue weighted by molar-refractivity contribution is 0.0201. The average Bonchev–Trinajstić information content (AvgIpc) is 2.68. The molecule has 4 nitrogen and oxygen atoms in total. The first-order valence-electron chi connectivity index (χ1n) is 6.43. The quantitative estimate of drug-likeness (QED) is 0.827. The molecular formula is C14H20N2O2S. The van der Waals surface area contributed by atoms with Crippen LogP contribution in [0.15, 0.2) is 18.3 Å². The van der Waals surface area contributed by atoms with Crippen LogP contribution in [-0.2, 0) is 0 Å². The summed E-state index contributed by atoms with van der Waals surface area (Å²) < 4.78 is 7.00. The minimum atomic E-state index is -0.612. The van der Waals surface area contributed by atoms with Crippen LogP contribution in [0.2, 0.25) is 0 Å². The second-order valence-electron chi connectivity index (χ2n) is 4.99. The van der Waals surface area contributed by atoms with E-state index in [0.717, 1.165) is 10.1 Å². The van der Waals surface area contributed by atoms with Gasteiger partial charge in [-0.1, -0.05) is 0 Å². The molecule has 0 aliphatic heterocycles. The molecule has 0 fully saturated rings. The summed E-state index contributed by atoms with van der Waals surface area (Å²) in [4.78, 5) is 5.50. The van der Waals surface area contributed by atoms with Crippen LogP contribution in [0.3, 0.4) is 0 Å². The SMILES string of the molecule is Cc1cc2c(OC(NC(C)C)C(C)O)nccc2s1. The van der Waals surface area contributed by atoms with Gasteiger partial charge in [-0.25, -0.2) is 4.98 Å². The minimum Gasteiger partial charge on any atom is -0.455 e. The highest BCUT2D eigenvalue weighted by Gasteiger charge is 2.19. The van der Waals surface area contributed by atoms with Crippen molar-refractivity contribution in [2.24, 2.45) is 0 Å². The highest BCUT2D eigenvalue weighted by molar-refractivity contribution is 7.19. The van der Waals surface area contributed by atoms with Crippen LogP contribution in [0, 0.1) is 6.92 Å². The smallest absolute Gasteiger partial charge is 0.223 e. The summed E-state index contributed by atoms with van der Waals surface area (Å²) in [6.07, 6.45) is 0.666. The molecule has 2 heterocycles. The number of rotatable bonds is 5. The predicted octanol–water partition coefficient (Wildman–Crippen LogP) is 2.69. The van der Waals surface area contributed by atoms with E-state index in [2.05, 4.69) is 23.3 Å². The number of aliphatic hydroxyl groups is 1. The van der Waals surface area contributed by atoms with Crippen molar-refractivity contribution < 1.29 is 9.84 Å². The number of hydrogen-bond acceptors (Lipinski definition) is 5. The predicted molar refractivity (Wildman–Crippen MR) is 78.7 cm³/mol. The number of ether oxygens (including phenoxy) is 1. The normalized spacial score (nSPS) is 14.8. The molecule has 2 aromatic rings. The van der Waals surface area contributed by atoms with Crippen molar-refractivity contribution >= 4 is 21.4 Å². The second kappa shape index (κ2) is 5.86. The molecule has 2 atom stereocenters. The van der Waals surface area contributed by atoms with E-state index in [1.807, 2.05) is 19.9 Å². The van der Waals surface area contributed by atoms with E-state index in [1.54, 1.807) is 24.5 Å². The molecule has 0 bridgehead atoms. The number of nitrogens with zero attached hydrogens (tertiary/aromatic N) is 1. The molecule has 0 saturated heterocycles. The number of aliphatic hydroxyl groups excluding tert-OH is 1. The summed E-state index contributed by atoms with van der Waals surface area (Å²) >= 11 is 1.71. The average molecular weight is 280 g/mol. The summed E-state index contributed by atoms with van der Waals surface area (Å²) in [6, 6.07) is 4.27. The van der Waals surface area contributed by atoms with E-state index in [9.17, 15) is 5.11 Å². The molecule has 104 valence electrons. The van der Waals surface area contributed by atoms with Gasteiger partial charge in [0.1, 0.15) is 6.10 Å². The fourth-order valence-corrected chi connectivity index (χ4v) is 2.79. The number of aromatic nitrogens is 1. The molecule has 2 aromatic heterocycles. The summed E-state index contributed by atoms with van der Waals surface area (Å²) in [6.45, 7) is 7.80. The zero-order valence-electron chi connectivity index (χ0n) is 11.7. The number of thiophene rings is 1. The molecule has 2 rings (SSSR count). The maximum absolute atomic E-state index is 9.79. The highest BCUT2D eigenvalue weighted by atomic mass is 32.1. The Morgan fingerprint density at radius 3 is 2.74 bits per heavy atom. The van der Waals surface area contributed by atoms with Crippen LogP contribution in [0.1, 0.15) is 25.6 Å². The first-order chi connectivity index (χ1) is 8.97. The molecule has 2 unspecified atom stereocenters. The summed E-state index contributed by atoms with van der Waals surface area (Å²) in [5.74, 6) is 0.570. The fourth-order valence-electron chi connectivity index (χ4n) is 1.88. The Kier molecular flexibility index (Phi) is 4.39. The molecule has 0 radical (unpaired) electrons. The van der Waals surface area contributed by atoms with Crippen molar-refractivity contribution in [3.05, 3.63) is 23.2 Å². The van der Waals surface area contributed by atoms with Crippen molar-refractivity contribution in [3.63, 3.8) is 0 Å². The lowest BCUT2D eigenvalue weighted by atomic mass is 10.3. The van der Waals surface area contributed by atoms with Gasteiger partial charge in [0.15, 0.2) is 6.23 Å². The Labute approximate surface area is 117 Å². The second-order valence-corrected chi connectivity index (χ2v) is 6.27. The van der Waals surface area contributed by atoms with Crippen molar-refractivity contribution in [2.75, 3.05) is 0 Å². The Balaban J connectivity index is 2.28. The van der Waals surface area contributed by atoms with Gasteiger partial charge in [-0.05, 0) is 39.8 Å². The van der Waals surface area contributed by atoms with Gasteiger partial charge in [0, 0.05) is 21.8 Å². The number of pyridine rings is 1. The maximum Gasteiger partial charge on any atom is 0.223 e. The molecule has 0 saturated carbocycles. The molecule has 5 heteroatoms. The molecule has 0 aromatic carbocycles. The van der Waals surface area contributed by atoms with E-state index in [1.165, 1.54) is 4.88 Å². The van der Waals surface area contributed by atoms with E-state index in [-0.39, 0.29) is 6.04 Å². The molecule has 0 spiro atoms. The van der Waals surface area contributed by atoms with Gasteiger partial charge in [-0.15, -0.1) is 11.3 Å². The van der Waals surface area contributed by atoms with Crippen LogP contribution < -0.4 is 10.1 Å². The van der Waals surface area contributed by atoms with Crippen LogP contribution in [0.5, 0.6) is 5.88 Å². The first kappa shape index (κ1) is 14.2. The van der Waals surface area contributed by atoms with Gasteiger partial charge < -0.3 is 9.84 Å². The number of aryl methyl sites for hydroxylation is 1. The summed E-state index contributed by atoms with van der Waals surface area (Å²) in [5, 5.41) is 14.0. The van der Waals surface area contributed by atoms with Gasteiger partial charge in [0.05, 0.1) is 5.39 Å². The van der Waals surface area contributed by atoms with Gasteiger partial charge >= 0.3 is 0 Å². The largest absolute Gasteiger partial charge is 0.455 e. The van der Waals surface area contributed by atoms with Crippen molar-refractivity contribution in [2.45, 2.75) is 46.1 Å². The monoisotopic (exact) mass is 280 g/mol. The Bertz CT molecular complexity index is 551.